The maximum atomic E-state index is 14.0. The molecule has 0 saturated carbocycles. The predicted octanol–water partition coefficient (Wildman–Crippen LogP) is 3.86. The molecule has 110 valence electrons. The molecule has 0 saturated heterocycles. The first kappa shape index (κ1) is 15.0. The monoisotopic (exact) mass is 292 g/mol. The molecule has 2 rings (SSSR count). The van der Waals surface area contributed by atoms with E-state index in [1.165, 1.54) is 42.5 Å². The van der Waals surface area contributed by atoms with E-state index in [9.17, 15) is 13.6 Å². The van der Waals surface area contributed by atoms with Crippen LogP contribution in [0.3, 0.4) is 0 Å². The number of hydrogen-bond acceptors (Lipinski definition) is 2. The number of carbonyl (C=O) groups is 1. The van der Waals surface area contributed by atoms with Crippen molar-refractivity contribution >= 4 is 5.97 Å². The summed E-state index contributed by atoms with van der Waals surface area (Å²) in [6, 6.07) is 11.5. The second-order valence-corrected chi connectivity index (χ2v) is 4.64. The van der Waals surface area contributed by atoms with E-state index in [0.29, 0.717) is 5.56 Å². The van der Waals surface area contributed by atoms with Gasteiger partial charge >= 0.3 is 11.9 Å². The number of hydrogen-bond donors (Lipinski definition) is 1. The Morgan fingerprint density at radius 2 is 1.86 bits per heavy atom. The van der Waals surface area contributed by atoms with E-state index in [2.05, 4.69) is 0 Å². The van der Waals surface area contributed by atoms with Crippen molar-refractivity contribution < 1.29 is 23.4 Å². The number of carboxylic acid groups (broad SMARTS) is 1. The van der Waals surface area contributed by atoms with E-state index in [-0.39, 0.29) is 16.9 Å². The van der Waals surface area contributed by atoms with Crippen LogP contribution >= 0.6 is 0 Å². The number of aryl methyl sites for hydroxylation is 1. The molecule has 2 aromatic rings. The molecule has 1 N–H and O–H groups in total. The smallest absolute Gasteiger partial charge is 0.335 e. The second kappa shape index (κ2) is 5.91. The third kappa shape index (κ3) is 3.56. The van der Waals surface area contributed by atoms with Crippen LogP contribution in [0.5, 0.6) is 5.75 Å². The fourth-order valence-corrected chi connectivity index (χ4v) is 1.82. The summed E-state index contributed by atoms with van der Waals surface area (Å²) in [4.78, 5) is 10.9. The van der Waals surface area contributed by atoms with Gasteiger partial charge in [-0.3, -0.25) is 0 Å². The molecule has 0 atom stereocenters. The van der Waals surface area contributed by atoms with Gasteiger partial charge < -0.3 is 9.84 Å². The highest BCUT2D eigenvalue weighted by Crippen LogP contribution is 2.29. The maximum absolute atomic E-state index is 14.0. The van der Waals surface area contributed by atoms with Crippen LogP contribution in [0.15, 0.2) is 48.5 Å². The van der Waals surface area contributed by atoms with Crippen LogP contribution in [0.1, 0.15) is 21.5 Å². The fraction of sp³-hybridized carbons (Fsp3) is 0.188. The molecule has 0 aliphatic carbocycles. The third-order valence-electron chi connectivity index (χ3n) is 3.04. The summed E-state index contributed by atoms with van der Waals surface area (Å²) in [5.41, 5.74) is 0.458. The molecule has 0 aliphatic heterocycles. The summed E-state index contributed by atoms with van der Waals surface area (Å²) < 4.78 is 33.1. The van der Waals surface area contributed by atoms with Gasteiger partial charge in [-0.1, -0.05) is 36.4 Å². The van der Waals surface area contributed by atoms with Gasteiger partial charge in [-0.15, -0.1) is 0 Å². The van der Waals surface area contributed by atoms with Crippen molar-refractivity contribution in [2.45, 2.75) is 12.8 Å². The van der Waals surface area contributed by atoms with Crippen LogP contribution < -0.4 is 4.74 Å². The normalized spacial score (nSPS) is 11.2. The van der Waals surface area contributed by atoms with E-state index in [1.807, 2.05) is 0 Å². The van der Waals surface area contributed by atoms with Gasteiger partial charge in [0.05, 0.1) is 5.56 Å². The second-order valence-electron chi connectivity index (χ2n) is 4.64. The van der Waals surface area contributed by atoms with E-state index in [4.69, 9.17) is 9.84 Å². The van der Waals surface area contributed by atoms with Crippen LogP contribution in [0.4, 0.5) is 8.78 Å². The molecule has 2 aromatic carbocycles. The number of aromatic carboxylic acids is 1. The van der Waals surface area contributed by atoms with Crippen LogP contribution in [0, 0.1) is 6.92 Å². The Balaban J connectivity index is 2.16. The van der Waals surface area contributed by atoms with Gasteiger partial charge in [0.1, 0.15) is 5.75 Å². The number of halogens is 2. The summed E-state index contributed by atoms with van der Waals surface area (Å²) >= 11 is 0. The minimum Gasteiger partial charge on any atom is -0.487 e. The van der Waals surface area contributed by atoms with E-state index in [1.54, 1.807) is 13.0 Å². The van der Waals surface area contributed by atoms with Gasteiger partial charge in [0.15, 0.2) is 6.61 Å². The summed E-state index contributed by atoms with van der Waals surface area (Å²) in [5, 5.41) is 8.90. The van der Waals surface area contributed by atoms with Gasteiger partial charge in [0.2, 0.25) is 0 Å². The van der Waals surface area contributed by atoms with Crippen molar-refractivity contribution in [3.8, 4) is 5.75 Å². The van der Waals surface area contributed by atoms with Crippen LogP contribution in [0.25, 0.3) is 0 Å². The van der Waals surface area contributed by atoms with Gasteiger partial charge in [0.25, 0.3) is 0 Å². The van der Waals surface area contributed by atoms with Crippen molar-refractivity contribution in [2.75, 3.05) is 6.61 Å². The quantitative estimate of drug-likeness (QED) is 0.910. The highest BCUT2D eigenvalue weighted by Gasteiger charge is 2.32. The lowest BCUT2D eigenvalue weighted by Crippen LogP contribution is -2.23. The molecule has 5 heteroatoms. The highest BCUT2D eigenvalue weighted by molar-refractivity contribution is 5.88. The Morgan fingerprint density at radius 1 is 1.19 bits per heavy atom. The summed E-state index contributed by atoms with van der Waals surface area (Å²) in [6.07, 6.45) is 0. The van der Waals surface area contributed by atoms with Crippen molar-refractivity contribution in [3.05, 3.63) is 65.2 Å². The minimum absolute atomic E-state index is 0.00127. The van der Waals surface area contributed by atoms with Crippen LogP contribution in [0.2, 0.25) is 0 Å². The average molecular weight is 292 g/mol. The summed E-state index contributed by atoms with van der Waals surface area (Å²) in [7, 11) is 0. The van der Waals surface area contributed by atoms with Crippen molar-refractivity contribution in [2.24, 2.45) is 0 Å². The third-order valence-corrected chi connectivity index (χ3v) is 3.04. The summed E-state index contributed by atoms with van der Waals surface area (Å²) in [6.45, 7) is 0.822. The Kier molecular flexibility index (Phi) is 4.21. The standard InChI is InChI=1S/C16H14F2O3/c1-11-7-8-12(15(19)20)9-14(11)21-10-16(17,18)13-5-3-2-4-6-13/h2-9H,10H2,1H3,(H,19,20). The molecule has 0 aliphatic rings. The van der Waals surface area contributed by atoms with Crippen molar-refractivity contribution in [1.82, 2.24) is 0 Å². The Hall–Kier alpha value is -2.43. The number of rotatable bonds is 5. The van der Waals surface area contributed by atoms with Crippen molar-refractivity contribution in [1.29, 1.82) is 0 Å². The molecule has 0 radical (unpaired) electrons. The largest absolute Gasteiger partial charge is 0.487 e. The fourth-order valence-electron chi connectivity index (χ4n) is 1.82. The minimum atomic E-state index is -3.15. The molecule has 0 fully saturated rings. The van der Waals surface area contributed by atoms with Gasteiger partial charge in [-0.25, -0.2) is 4.79 Å². The zero-order valence-electron chi connectivity index (χ0n) is 11.3. The molecular weight excluding hydrogens is 278 g/mol. The summed E-state index contributed by atoms with van der Waals surface area (Å²) in [5.74, 6) is -4.13. The Labute approximate surface area is 120 Å². The molecule has 0 unspecified atom stereocenters. The predicted molar refractivity (Wildman–Crippen MR) is 74.0 cm³/mol. The van der Waals surface area contributed by atoms with Crippen LogP contribution in [-0.4, -0.2) is 17.7 Å². The Bertz CT molecular complexity index is 639. The van der Waals surface area contributed by atoms with Gasteiger partial charge in [0, 0.05) is 5.56 Å². The molecular formula is C16H14F2O3. The number of alkyl halides is 2. The number of benzene rings is 2. The average Bonchev–Trinajstić information content (AvgIpc) is 2.47. The molecule has 0 heterocycles. The Morgan fingerprint density at radius 3 is 2.48 bits per heavy atom. The lowest BCUT2D eigenvalue weighted by atomic mass is 10.1. The topological polar surface area (TPSA) is 46.5 Å². The molecule has 3 nitrogen and oxygen atoms in total. The van der Waals surface area contributed by atoms with E-state index >= 15 is 0 Å². The molecule has 0 spiro atoms. The van der Waals surface area contributed by atoms with Crippen LogP contribution in [-0.2, 0) is 5.92 Å². The van der Waals surface area contributed by atoms with Crippen molar-refractivity contribution in [3.63, 3.8) is 0 Å². The zero-order chi connectivity index (χ0) is 15.5. The first-order valence-electron chi connectivity index (χ1n) is 6.30. The molecule has 21 heavy (non-hydrogen) atoms. The van der Waals surface area contributed by atoms with E-state index in [0.717, 1.165) is 0 Å². The number of ether oxygens (including phenoxy) is 1. The molecule has 0 bridgehead atoms. The first-order chi connectivity index (χ1) is 9.90. The first-order valence-corrected chi connectivity index (χ1v) is 6.30. The molecule has 0 aromatic heterocycles. The highest BCUT2D eigenvalue weighted by atomic mass is 19.3. The lowest BCUT2D eigenvalue weighted by Gasteiger charge is -2.18. The van der Waals surface area contributed by atoms with E-state index < -0.39 is 18.5 Å². The SMILES string of the molecule is Cc1ccc(C(=O)O)cc1OCC(F)(F)c1ccccc1. The number of carboxylic acids is 1. The molecule has 0 amide bonds. The van der Waals surface area contributed by atoms with Gasteiger partial charge in [-0.05, 0) is 24.6 Å². The zero-order valence-corrected chi connectivity index (χ0v) is 11.3. The maximum Gasteiger partial charge on any atom is 0.335 e. The van der Waals surface area contributed by atoms with Gasteiger partial charge in [-0.2, -0.15) is 8.78 Å². The lowest BCUT2D eigenvalue weighted by molar-refractivity contribution is -0.0468.